The average Bonchev–Trinajstić information content (AvgIpc) is 2.44. The fraction of sp³-hybridized carbons (Fsp3) is 0.867. The van der Waals surface area contributed by atoms with Crippen molar-refractivity contribution >= 4 is 12.1 Å². The number of carbonyl (C=O) groups is 2. The second-order valence-electron chi connectivity index (χ2n) is 7.06. The maximum absolute atomic E-state index is 12.1. The summed E-state index contributed by atoms with van der Waals surface area (Å²) in [6, 6.07) is 0. The Morgan fingerprint density at radius 2 is 1.91 bits per heavy atom. The Kier molecular flexibility index (Phi) is 7.18. The minimum atomic E-state index is -1.19. The van der Waals surface area contributed by atoms with Crippen LogP contribution in [-0.4, -0.2) is 38.7 Å². The molecule has 134 valence electrons. The Bertz CT molecular complexity index is 419. The third kappa shape index (κ3) is 6.68. The molecule has 6 nitrogen and oxygen atoms in total. The normalized spacial score (nSPS) is 26.4. The van der Waals surface area contributed by atoms with Gasteiger partial charge in [0, 0.05) is 6.54 Å². The zero-order valence-electron chi connectivity index (χ0n) is 13.8. The molecule has 0 aromatic rings. The Balaban J connectivity index is 2.65. The van der Waals surface area contributed by atoms with Gasteiger partial charge in [0.15, 0.2) is 0 Å². The molecule has 0 heterocycles. The van der Waals surface area contributed by atoms with Crippen LogP contribution in [0.15, 0.2) is 0 Å². The highest BCUT2D eigenvalue weighted by Gasteiger charge is 2.44. The molecule has 1 N–H and O–H groups in total. The van der Waals surface area contributed by atoms with Crippen molar-refractivity contribution in [3.05, 3.63) is 0 Å². The van der Waals surface area contributed by atoms with Gasteiger partial charge in [0.2, 0.25) is 6.86 Å². The molecule has 0 aromatic carbocycles. The summed E-state index contributed by atoms with van der Waals surface area (Å²) in [6.07, 6.45) is 1.02. The summed E-state index contributed by atoms with van der Waals surface area (Å²) in [4.78, 5) is 32.5. The van der Waals surface area contributed by atoms with Gasteiger partial charge in [0.1, 0.15) is 13.3 Å². The number of hydrogen-bond acceptors (Lipinski definition) is 5. The van der Waals surface area contributed by atoms with Crippen LogP contribution in [0.1, 0.15) is 40.0 Å². The molecule has 1 saturated carbocycles. The summed E-state index contributed by atoms with van der Waals surface area (Å²) in [5.41, 5.74) is -0.524. The average molecular weight is 337 g/mol. The SMILES string of the molecule is CC1(C)CC(C(=O)OOCCF)CC(C)(CNC(=O)OCF)C1. The molecule has 1 aliphatic rings. The van der Waals surface area contributed by atoms with Crippen LogP contribution in [0.4, 0.5) is 13.6 Å². The van der Waals surface area contributed by atoms with Gasteiger partial charge in [-0.15, -0.1) is 0 Å². The quantitative estimate of drug-likeness (QED) is 0.439. The molecular formula is C15H25F2NO5. The smallest absolute Gasteiger partial charge is 0.409 e. The van der Waals surface area contributed by atoms with Crippen LogP contribution in [0.2, 0.25) is 0 Å². The number of alkyl halides is 2. The Hall–Kier alpha value is -1.44. The molecule has 0 bridgehead atoms. The van der Waals surface area contributed by atoms with Crippen molar-refractivity contribution < 1.29 is 32.9 Å². The zero-order chi connectivity index (χ0) is 17.5. The van der Waals surface area contributed by atoms with Gasteiger partial charge in [-0.2, -0.15) is 4.89 Å². The number of halogens is 2. The van der Waals surface area contributed by atoms with Gasteiger partial charge in [0.25, 0.3) is 0 Å². The highest BCUT2D eigenvalue weighted by Crippen LogP contribution is 2.48. The molecule has 0 aliphatic heterocycles. The lowest BCUT2D eigenvalue weighted by atomic mass is 9.60. The van der Waals surface area contributed by atoms with Crippen LogP contribution >= 0.6 is 0 Å². The molecule has 0 aromatic heterocycles. The lowest BCUT2D eigenvalue weighted by Gasteiger charge is -2.45. The molecule has 23 heavy (non-hydrogen) atoms. The Morgan fingerprint density at radius 1 is 1.22 bits per heavy atom. The molecule has 0 spiro atoms. The van der Waals surface area contributed by atoms with E-state index in [1.54, 1.807) is 0 Å². The second kappa shape index (κ2) is 8.42. The molecule has 0 radical (unpaired) electrons. The number of carbonyl (C=O) groups excluding carboxylic acids is 2. The third-order valence-corrected chi connectivity index (χ3v) is 3.92. The lowest BCUT2D eigenvalue weighted by Crippen LogP contribution is -2.45. The van der Waals surface area contributed by atoms with Crippen LogP contribution < -0.4 is 5.32 Å². The van der Waals surface area contributed by atoms with Crippen molar-refractivity contribution in [2.24, 2.45) is 16.7 Å². The van der Waals surface area contributed by atoms with Gasteiger partial charge in [-0.05, 0) is 30.1 Å². The summed E-state index contributed by atoms with van der Waals surface area (Å²) >= 11 is 0. The summed E-state index contributed by atoms with van der Waals surface area (Å²) in [6.45, 7) is 4.02. The van der Waals surface area contributed by atoms with E-state index >= 15 is 0 Å². The highest BCUT2D eigenvalue weighted by atomic mass is 19.1. The number of rotatable bonds is 7. The van der Waals surface area contributed by atoms with E-state index in [1.165, 1.54) is 0 Å². The number of ether oxygens (including phenoxy) is 1. The van der Waals surface area contributed by atoms with E-state index in [0.29, 0.717) is 12.8 Å². The van der Waals surface area contributed by atoms with E-state index in [-0.39, 0.29) is 24.0 Å². The van der Waals surface area contributed by atoms with Crippen molar-refractivity contribution in [1.29, 1.82) is 0 Å². The van der Waals surface area contributed by atoms with Crippen molar-refractivity contribution in [3.63, 3.8) is 0 Å². The predicted octanol–water partition coefficient (Wildman–Crippen LogP) is 2.92. The summed E-state index contributed by atoms with van der Waals surface area (Å²) in [7, 11) is 0. The fourth-order valence-corrected chi connectivity index (χ4v) is 3.52. The number of amides is 1. The van der Waals surface area contributed by atoms with Gasteiger partial charge in [-0.3, -0.25) is 4.89 Å². The van der Waals surface area contributed by atoms with Gasteiger partial charge in [-0.25, -0.2) is 18.4 Å². The third-order valence-electron chi connectivity index (χ3n) is 3.92. The molecule has 2 unspecified atom stereocenters. The van der Waals surface area contributed by atoms with Crippen LogP contribution in [0.25, 0.3) is 0 Å². The zero-order valence-corrected chi connectivity index (χ0v) is 13.8. The molecule has 1 amide bonds. The van der Waals surface area contributed by atoms with E-state index in [2.05, 4.69) is 19.8 Å². The van der Waals surface area contributed by atoms with Crippen molar-refractivity contribution in [2.45, 2.75) is 40.0 Å². The van der Waals surface area contributed by atoms with E-state index in [1.807, 2.05) is 20.8 Å². The predicted molar refractivity (Wildman–Crippen MR) is 77.7 cm³/mol. The Labute approximate surface area is 134 Å². The first-order chi connectivity index (χ1) is 10.7. The maximum atomic E-state index is 12.1. The molecule has 0 saturated heterocycles. The summed E-state index contributed by atoms with van der Waals surface area (Å²) < 4.78 is 28.1. The van der Waals surface area contributed by atoms with Gasteiger partial charge >= 0.3 is 12.1 Å². The fourth-order valence-electron chi connectivity index (χ4n) is 3.52. The maximum Gasteiger partial charge on any atom is 0.409 e. The van der Waals surface area contributed by atoms with Gasteiger partial charge in [-0.1, -0.05) is 20.8 Å². The van der Waals surface area contributed by atoms with Gasteiger partial charge < -0.3 is 10.1 Å². The van der Waals surface area contributed by atoms with Crippen LogP contribution in [0.5, 0.6) is 0 Å². The molecule has 1 aliphatic carbocycles. The van der Waals surface area contributed by atoms with Crippen molar-refractivity contribution in [3.8, 4) is 0 Å². The van der Waals surface area contributed by atoms with Crippen LogP contribution in [0.3, 0.4) is 0 Å². The van der Waals surface area contributed by atoms with E-state index in [0.717, 1.165) is 6.42 Å². The minimum Gasteiger partial charge on any atom is -0.418 e. The molecule has 8 heteroatoms. The molecule has 1 fully saturated rings. The van der Waals surface area contributed by atoms with E-state index < -0.39 is 31.5 Å². The first kappa shape index (κ1) is 19.6. The molecular weight excluding hydrogens is 312 g/mol. The standard InChI is InChI=1S/C15H25F2NO5/c1-14(2)6-11(12(19)23-22-5-4-16)7-15(3,8-14)9-18-13(20)21-10-17/h11H,4-10H2,1-3H3,(H,18,20). The second-order valence-corrected chi connectivity index (χ2v) is 7.06. The summed E-state index contributed by atoms with van der Waals surface area (Å²) in [5, 5.41) is 2.51. The number of alkyl carbamates (subject to hydrolysis) is 1. The van der Waals surface area contributed by atoms with Crippen LogP contribution in [0, 0.1) is 16.7 Å². The van der Waals surface area contributed by atoms with Crippen LogP contribution in [-0.2, 0) is 19.3 Å². The van der Waals surface area contributed by atoms with Crippen molar-refractivity contribution in [2.75, 3.05) is 26.7 Å². The molecule has 2 atom stereocenters. The lowest BCUT2D eigenvalue weighted by molar-refractivity contribution is -0.279. The largest absolute Gasteiger partial charge is 0.418 e. The topological polar surface area (TPSA) is 73.9 Å². The monoisotopic (exact) mass is 337 g/mol. The number of hydrogen-bond donors (Lipinski definition) is 1. The first-order valence-electron chi connectivity index (χ1n) is 7.57. The van der Waals surface area contributed by atoms with E-state index in [9.17, 15) is 18.4 Å². The number of nitrogens with one attached hydrogen (secondary N) is 1. The summed E-state index contributed by atoms with van der Waals surface area (Å²) in [5.74, 6) is -0.953. The highest BCUT2D eigenvalue weighted by molar-refractivity contribution is 5.72. The van der Waals surface area contributed by atoms with Gasteiger partial charge in [0.05, 0.1) is 5.92 Å². The Morgan fingerprint density at radius 3 is 2.52 bits per heavy atom. The molecule has 1 rings (SSSR count). The first-order valence-corrected chi connectivity index (χ1v) is 7.57. The van der Waals surface area contributed by atoms with Crippen molar-refractivity contribution in [1.82, 2.24) is 5.32 Å². The van der Waals surface area contributed by atoms with E-state index in [4.69, 9.17) is 0 Å². The minimum absolute atomic E-state index is 0.150.